The van der Waals surface area contributed by atoms with Crippen LogP contribution in [0.15, 0.2) is 0 Å². The zero-order valence-electron chi connectivity index (χ0n) is 16.0. The SMILES string of the molecule is CO[Si](CN(C1CCCCC1)[Si](C)(C)C(C)(C)C)(OC)OC. The summed E-state index contributed by atoms with van der Waals surface area (Å²) in [7, 11) is 0.934. The molecule has 0 amide bonds. The quantitative estimate of drug-likeness (QED) is 0.650. The second-order valence-corrected chi connectivity index (χ2v) is 16.1. The van der Waals surface area contributed by atoms with Crippen LogP contribution in [0.4, 0.5) is 0 Å². The highest BCUT2D eigenvalue weighted by Crippen LogP contribution is 2.41. The molecule has 1 fully saturated rings. The fraction of sp³-hybridized carbons (Fsp3) is 1.00. The summed E-state index contributed by atoms with van der Waals surface area (Å²) < 4.78 is 20.0. The summed E-state index contributed by atoms with van der Waals surface area (Å²) in [5.74, 6) is 0. The van der Waals surface area contributed by atoms with Crippen molar-refractivity contribution in [1.82, 2.24) is 4.57 Å². The van der Waals surface area contributed by atoms with E-state index in [1.165, 1.54) is 32.1 Å². The Hall–Kier alpha value is 0.274. The van der Waals surface area contributed by atoms with Gasteiger partial charge in [-0.15, -0.1) is 0 Å². The van der Waals surface area contributed by atoms with E-state index < -0.39 is 17.0 Å². The molecule has 0 bridgehead atoms. The maximum absolute atomic E-state index is 5.74. The highest BCUT2D eigenvalue weighted by molar-refractivity contribution is 6.78. The van der Waals surface area contributed by atoms with Crippen LogP contribution in [-0.2, 0) is 13.3 Å². The molecule has 0 aromatic rings. The molecule has 0 radical (unpaired) electrons. The van der Waals surface area contributed by atoms with E-state index in [-0.39, 0.29) is 0 Å². The van der Waals surface area contributed by atoms with Gasteiger partial charge in [0.1, 0.15) is 8.24 Å². The van der Waals surface area contributed by atoms with Gasteiger partial charge in [-0.25, -0.2) is 0 Å². The van der Waals surface area contributed by atoms with E-state index in [0.29, 0.717) is 11.1 Å². The third kappa shape index (κ3) is 4.42. The van der Waals surface area contributed by atoms with E-state index >= 15 is 0 Å². The van der Waals surface area contributed by atoms with Crippen LogP contribution >= 0.6 is 0 Å². The van der Waals surface area contributed by atoms with Gasteiger partial charge < -0.3 is 17.8 Å². The van der Waals surface area contributed by atoms with Crippen LogP contribution in [0.2, 0.25) is 18.1 Å². The molecule has 0 atom stereocenters. The lowest BCUT2D eigenvalue weighted by Gasteiger charge is -2.51. The molecule has 132 valence electrons. The monoisotopic (exact) mass is 347 g/mol. The average Bonchev–Trinajstić information content (AvgIpc) is 2.49. The van der Waals surface area contributed by atoms with Crippen LogP contribution in [-0.4, -0.2) is 55.1 Å². The molecule has 0 heterocycles. The summed E-state index contributed by atoms with van der Waals surface area (Å²) in [4.78, 5) is 0. The van der Waals surface area contributed by atoms with E-state index in [1.54, 1.807) is 21.3 Å². The van der Waals surface area contributed by atoms with Gasteiger partial charge in [-0.1, -0.05) is 53.1 Å². The van der Waals surface area contributed by atoms with Crippen molar-refractivity contribution in [3.05, 3.63) is 0 Å². The lowest BCUT2D eigenvalue weighted by molar-refractivity contribution is 0.104. The number of rotatable bonds is 7. The van der Waals surface area contributed by atoms with Gasteiger partial charge in [0.15, 0.2) is 0 Å². The molecule has 4 nitrogen and oxygen atoms in total. The van der Waals surface area contributed by atoms with Crippen LogP contribution in [0.25, 0.3) is 0 Å². The van der Waals surface area contributed by atoms with Gasteiger partial charge in [0.25, 0.3) is 0 Å². The Balaban J connectivity index is 3.10. The minimum Gasteiger partial charge on any atom is -0.376 e. The van der Waals surface area contributed by atoms with Crippen molar-refractivity contribution >= 4 is 17.0 Å². The van der Waals surface area contributed by atoms with E-state index in [0.717, 1.165) is 6.17 Å². The Morgan fingerprint density at radius 2 is 1.36 bits per heavy atom. The maximum atomic E-state index is 5.74. The first kappa shape index (κ1) is 20.3. The summed E-state index contributed by atoms with van der Waals surface area (Å²) in [6, 6.07) is 0.655. The zero-order chi connectivity index (χ0) is 17.0. The first-order chi connectivity index (χ1) is 10.1. The number of nitrogens with zero attached hydrogens (tertiary/aromatic N) is 1. The molecular weight excluding hydrogens is 310 g/mol. The van der Waals surface area contributed by atoms with Gasteiger partial charge >= 0.3 is 8.80 Å². The Labute approximate surface area is 140 Å². The Kier molecular flexibility index (Phi) is 7.29. The Bertz CT molecular complexity index is 327. The summed E-state index contributed by atoms with van der Waals surface area (Å²) >= 11 is 0. The van der Waals surface area contributed by atoms with Crippen LogP contribution in [0.1, 0.15) is 52.9 Å². The van der Waals surface area contributed by atoms with Crippen molar-refractivity contribution in [3.63, 3.8) is 0 Å². The third-order valence-corrected chi connectivity index (χ3v) is 14.4. The molecule has 0 spiro atoms. The highest BCUT2D eigenvalue weighted by Gasteiger charge is 2.50. The summed E-state index contributed by atoms with van der Waals surface area (Å²) in [5.41, 5.74) is 0. The molecule has 6 heteroatoms. The third-order valence-electron chi connectivity index (χ3n) is 5.87. The van der Waals surface area contributed by atoms with Crippen molar-refractivity contribution < 1.29 is 13.3 Å². The normalized spacial score (nSPS) is 19.0. The molecular formula is C16H37NO3Si2. The molecule has 0 N–H and O–H groups in total. The minimum absolute atomic E-state index is 0.305. The van der Waals surface area contributed by atoms with Gasteiger partial charge in [0, 0.05) is 27.4 Å². The van der Waals surface area contributed by atoms with Crippen LogP contribution in [0, 0.1) is 0 Å². The molecule has 1 saturated carbocycles. The molecule has 1 aliphatic carbocycles. The van der Waals surface area contributed by atoms with E-state index in [4.69, 9.17) is 13.3 Å². The smallest absolute Gasteiger partial charge is 0.376 e. The van der Waals surface area contributed by atoms with Crippen LogP contribution in [0.5, 0.6) is 0 Å². The van der Waals surface area contributed by atoms with E-state index in [1.807, 2.05) is 0 Å². The van der Waals surface area contributed by atoms with Gasteiger partial charge in [-0.2, -0.15) is 0 Å². The van der Waals surface area contributed by atoms with Crippen molar-refractivity contribution in [2.45, 2.75) is 77.0 Å². The lowest BCUT2D eigenvalue weighted by Crippen LogP contribution is -2.66. The number of hydrogen-bond acceptors (Lipinski definition) is 4. The molecule has 0 aromatic carbocycles. The fourth-order valence-electron chi connectivity index (χ4n) is 3.26. The van der Waals surface area contributed by atoms with Gasteiger partial charge in [-0.3, -0.25) is 0 Å². The second kappa shape index (κ2) is 7.90. The molecule has 0 aliphatic heterocycles. The predicted octanol–water partition coefficient (Wildman–Crippen LogP) is 4.04. The maximum Gasteiger partial charge on any atom is 0.514 e. The average molecular weight is 348 g/mol. The minimum atomic E-state index is -2.59. The van der Waals surface area contributed by atoms with E-state index in [9.17, 15) is 0 Å². The summed E-state index contributed by atoms with van der Waals surface area (Å²) in [6.07, 6.45) is 7.48. The first-order valence-electron chi connectivity index (χ1n) is 8.56. The Morgan fingerprint density at radius 1 is 0.909 bits per heavy atom. The predicted molar refractivity (Wildman–Crippen MR) is 97.6 cm³/mol. The van der Waals surface area contributed by atoms with Crippen molar-refractivity contribution in [3.8, 4) is 0 Å². The molecule has 1 aliphatic rings. The molecule has 1 rings (SSSR count). The van der Waals surface area contributed by atoms with Gasteiger partial charge in [0.05, 0.1) is 6.17 Å². The Morgan fingerprint density at radius 3 is 1.73 bits per heavy atom. The van der Waals surface area contributed by atoms with Crippen molar-refractivity contribution in [1.29, 1.82) is 0 Å². The topological polar surface area (TPSA) is 30.9 Å². The lowest BCUT2D eigenvalue weighted by atomic mass is 9.96. The van der Waals surface area contributed by atoms with Crippen molar-refractivity contribution in [2.75, 3.05) is 27.5 Å². The molecule has 0 saturated heterocycles. The molecule has 0 unspecified atom stereocenters. The zero-order valence-corrected chi connectivity index (χ0v) is 18.0. The summed E-state index contributed by atoms with van der Waals surface area (Å²) in [6.45, 7) is 12.1. The molecule has 0 aromatic heterocycles. The second-order valence-electron chi connectivity index (χ2n) is 8.02. The number of hydrogen-bond donors (Lipinski definition) is 0. The van der Waals surface area contributed by atoms with Gasteiger partial charge in [-0.05, 0) is 17.9 Å². The molecule has 22 heavy (non-hydrogen) atoms. The van der Waals surface area contributed by atoms with Crippen LogP contribution < -0.4 is 0 Å². The van der Waals surface area contributed by atoms with E-state index in [2.05, 4.69) is 38.4 Å². The largest absolute Gasteiger partial charge is 0.514 e. The highest BCUT2D eigenvalue weighted by atomic mass is 28.4. The van der Waals surface area contributed by atoms with Crippen molar-refractivity contribution in [2.24, 2.45) is 0 Å². The standard InChI is InChI=1S/C16H37NO3Si2/c1-16(2,3)21(7,8)17(15-12-10-9-11-13-15)14-22(18-4,19-5)20-6/h15H,9-14H2,1-8H3. The van der Waals surface area contributed by atoms with Crippen LogP contribution in [0.3, 0.4) is 0 Å². The fourth-order valence-corrected chi connectivity index (χ4v) is 9.02. The van der Waals surface area contributed by atoms with Gasteiger partial charge in [0.2, 0.25) is 0 Å². The first-order valence-corrected chi connectivity index (χ1v) is 13.4. The summed E-state index contributed by atoms with van der Waals surface area (Å²) in [5, 5.41) is 0.305.